The summed E-state index contributed by atoms with van der Waals surface area (Å²) in [4.78, 5) is 0. The van der Waals surface area contributed by atoms with Crippen molar-refractivity contribution in [3.05, 3.63) is 0 Å². The molecule has 0 aliphatic rings. The number of hydrogen-bond acceptors (Lipinski definition) is 3. The van der Waals surface area contributed by atoms with Crippen molar-refractivity contribution >= 4 is 34.7 Å². The smallest absolute Gasteiger partial charge is 1.00 e. The van der Waals surface area contributed by atoms with E-state index in [0.717, 1.165) is 11.9 Å². The molecule has 0 aromatic heterocycles. The number of rotatable bonds is 1. The summed E-state index contributed by atoms with van der Waals surface area (Å²) in [6.45, 7) is 1.81. The Morgan fingerprint density at radius 1 is 2.00 bits per heavy atom. The number of hydrogen-bond donors (Lipinski definition) is 1. The molecule has 0 saturated carbocycles. The van der Waals surface area contributed by atoms with Gasteiger partial charge in [-0.1, -0.05) is 12.2 Å². The summed E-state index contributed by atoms with van der Waals surface area (Å²) >= 11 is 5.60. The van der Waals surface area contributed by atoms with E-state index in [2.05, 4.69) is 16.6 Å². The van der Waals surface area contributed by atoms with E-state index >= 15 is 0 Å². The van der Waals surface area contributed by atoms with Gasteiger partial charge in [-0.25, -0.2) is 4.40 Å². The summed E-state index contributed by atoms with van der Waals surface area (Å²) < 4.78 is 4.06. The van der Waals surface area contributed by atoms with E-state index in [1.165, 1.54) is 0 Å². The molecule has 2 nitrogen and oxygen atoms in total. The van der Waals surface area contributed by atoms with Gasteiger partial charge in [-0.05, 0) is 6.92 Å². The van der Waals surface area contributed by atoms with Gasteiger partial charge >= 0.3 is 29.6 Å². The van der Waals surface area contributed by atoms with Crippen molar-refractivity contribution in [2.45, 2.75) is 6.92 Å². The summed E-state index contributed by atoms with van der Waals surface area (Å²) in [5.74, 6) is 0. The molecular formula is C3H7N2NaS2. The van der Waals surface area contributed by atoms with Crippen molar-refractivity contribution in [1.82, 2.24) is 0 Å². The summed E-state index contributed by atoms with van der Waals surface area (Å²) in [5, 5.41) is 0. The van der Waals surface area contributed by atoms with Gasteiger partial charge in [0.15, 0.2) is 4.32 Å². The molecule has 0 aliphatic carbocycles. The van der Waals surface area contributed by atoms with E-state index in [0.29, 0.717) is 4.32 Å². The molecule has 2 N–H and O–H groups in total. The topological polar surface area (TPSA) is 38.4 Å². The molecule has 42 valence electrons. The van der Waals surface area contributed by atoms with Crippen molar-refractivity contribution in [3.63, 3.8) is 0 Å². The Labute approximate surface area is 82.2 Å². The summed E-state index contributed by atoms with van der Waals surface area (Å²) in [6.07, 6.45) is 1.64. The Hall–Kier alpha value is 0.910. The normalized spacial score (nSPS) is 8.62. The van der Waals surface area contributed by atoms with Crippen molar-refractivity contribution in [1.29, 1.82) is 0 Å². The van der Waals surface area contributed by atoms with Gasteiger partial charge in [0, 0.05) is 18.2 Å². The Morgan fingerprint density at radius 3 is 2.62 bits per heavy atom. The zero-order valence-corrected chi connectivity index (χ0v) is 8.55. The van der Waals surface area contributed by atoms with E-state index in [1.807, 2.05) is 6.92 Å². The first-order valence-electron chi connectivity index (χ1n) is 1.72. The summed E-state index contributed by atoms with van der Waals surface area (Å²) in [7, 11) is 0. The minimum atomic E-state index is 0. The molecule has 0 bridgehead atoms. The van der Waals surface area contributed by atoms with Crippen molar-refractivity contribution in [2.24, 2.45) is 10.1 Å². The van der Waals surface area contributed by atoms with Crippen LogP contribution < -0.4 is 35.3 Å². The van der Waals surface area contributed by atoms with Crippen LogP contribution in [0.2, 0.25) is 0 Å². The van der Waals surface area contributed by atoms with Crippen LogP contribution in [0.1, 0.15) is 8.35 Å². The average Bonchev–Trinajstić information content (AvgIpc) is 1.61. The Morgan fingerprint density at radius 2 is 2.50 bits per heavy atom. The van der Waals surface area contributed by atoms with Gasteiger partial charge in [0.1, 0.15) is 0 Å². The van der Waals surface area contributed by atoms with Gasteiger partial charge in [0.05, 0.1) is 0 Å². The minimum Gasteiger partial charge on any atom is -1.00 e. The van der Waals surface area contributed by atoms with Crippen LogP contribution in [-0.4, -0.2) is 10.5 Å². The van der Waals surface area contributed by atoms with Crippen LogP contribution in [0, 0.1) is 0 Å². The standard InChI is InChI=1S/C3H6N2S2.Na.H/c1-2-5-7-3(4)6;;/h2H,1H3,(H2,4,6);;/q;+1;-1. The Kier molecular flexibility index (Phi) is 11.5. The van der Waals surface area contributed by atoms with Crippen LogP contribution in [0.5, 0.6) is 0 Å². The first-order valence-corrected chi connectivity index (χ1v) is 2.90. The van der Waals surface area contributed by atoms with Crippen molar-refractivity contribution < 1.29 is 31.0 Å². The third-order valence-corrected chi connectivity index (χ3v) is 0.968. The van der Waals surface area contributed by atoms with E-state index < -0.39 is 0 Å². The molecule has 5 heteroatoms. The maximum atomic E-state index is 5.06. The molecule has 0 amide bonds. The van der Waals surface area contributed by atoms with E-state index in [-0.39, 0.29) is 31.0 Å². The van der Waals surface area contributed by atoms with Crippen LogP contribution in [0.4, 0.5) is 0 Å². The second-order valence-electron chi connectivity index (χ2n) is 0.774. The molecule has 0 aromatic carbocycles. The van der Waals surface area contributed by atoms with Crippen LogP contribution in [0.3, 0.4) is 0 Å². The fourth-order valence-electron chi connectivity index (χ4n) is 0.105. The zero-order valence-electron chi connectivity index (χ0n) is 5.92. The molecule has 0 unspecified atom stereocenters. The molecule has 0 fully saturated rings. The molecule has 0 saturated heterocycles. The molecule has 0 aromatic rings. The third-order valence-electron chi connectivity index (χ3n) is 0.248. The largest absolute Gasteiger partial charge is 1.00 e. The number of thiocarbonyl (C=S) groups is 1. The predicted molar refractivity (Wildman–Crippen MR) is 39.7 cm³/mol. The van der Waals surface area contributed by atoms with Crippen molar-refractivity contribution in [2.75, 3.05) is 0 Å². The molecule has 0 rings (SSSR count). The SMILES string of the molecule is CC=NSC(N)=S.[H-].[Na+]. The van der Waals surface area contributed by atoms with Crippen LogP contribution >= 0.6 is 24.2 Å². The predicted octanol–water partition coefficient (Wildman–Crippen LogP) is -1.91. The monoisotopic (exact) mass is 158 g/mol. The zero-order chi connectivity index (χ0) is 5.70. The van der Waals surface area contributed by atoms with E-state index in [4.69, 9.17) is 5.73 Å². The maximum Gasteiger partial charge on any atom is 1.00 e. The quantitative estimate of drug-likeness (QED) is 0.209. The summed E-state index contributed by atoms with van der Waals surface area (Å²) in [5.41, 5.74) is 5.06. The fraction of sp³-hybridized carbons (Fsp3) is 0.333. The van der Waals surface area contributed by atoms with E-state index in [9.17, 15) is 0 Å². The Balaban J connectivity index is -0.000000180. The molecular weight excluding hydrogens is 151 g/mol. The minimum absolute atomic E-state index is 0. The fourth-order valence-corrected chi connectivity index (χ4v) is 0.443. The second-order valence-corrected chi connectivity index (χ2v) is 2.31. The van der Waals surface area contributed by atoms with Gasteiger partial charge in [0.25, 0.3) is 0 Å². The Bertz CT molecular complexity index is 97.8. The third kappa shape index (κ3) is 10.0. The molecule has 0 spiro atoms. The van der Waals surface area contributed by atoms with Gasteiger partial charge < -0.3 is 7.16 Å². The first kappa shape index (κ1) is 11.7. The van der Waals surface area contributed by atoms with Crippen LogP contribution in [0.15, 0.2) is 4.40 Å². The maximum absolute atomic E-state index is 5.06. The van der Waals surface area contributed by atoms with Crippen LogP contribution in [-0.2, 0) is 0 Å². The molecule has 0 atom stereocenters. The van der Waals surface area contributed by atoms with Gasteiger partial charge in [-0.15, -0.1) is 0 Å². The molecule has 0 radical (unpaired) electrons. The number of nitrogens with zero attached hydrogens (tertiary/aromatic N) is 1. The molecule has 8 heavy (non-hydrogen) atoms. The second kappa shape index (κ2) is 7.91. The summed E-state index contributed by atoms with van der Waals surface area (Å²) in [6, 6.07) is 0. The first-order chi connectivity index (χ1) is 3.27. The average molecular weight is 158 g/mol. The van der Waals surface area contributed by atoms with Gasteiger partial charge in [-0.2, -0.15) is 0 Å². The van der Waals surface area contributed by atoms with Gasteiger partial charge in [0.2, 0.25) is 0 Å². The van der Waals surface area contributed by atoms with E-state index in [1.54, 1.807) is 6.21 Å². The molecule has 0 heterocycles. The van der Waals surface area contributed by atoms with Gasteiger partial charge in [-0.3, -0.25) is 0 Å². The molecule has 0 aliphatic heterocycles. The van der Waals surface area contributed by atoms with Crippen LogP contribution in [0.25, 0.3) is 0 Å². The van der Waals surface area contributed by atoms with Crippen molar-refractivity contribution in [3.8, 4) is 0 Å². The number of nitrogens with two attached hydrogens (primary N) is 1.